The van der Waals surface area contributed by atoms with Crippen LogP contribution in [0.2, 0.25) is 0 Å². The van der Waals surface area contributed by atoms with E-state index in [-0.39, 0.29) is 6.23 Å². The lowest BCUT2D eigenvalue weighted by Gasteiger charge is -2.01. The first-order valence-electron chi connectivity index (χ1n) is 5.00. The number of benzene rings is 1. The molecule has 0 saturated heterocycles. The lowest BCUT2D eigenvalue weighted by atomic mass is 10.2. The van der Waals surface area contributed by atoms with E-state index in [1.54, 1.807) is 11.3 Å². The van der Waals surface area contributed by atoms with Crippen molar-refractivity contribution in [3.63, 3.8) is 0 Å². The highest BCUT2D eigenvalue weighted by molar-refractivity contribution is 7.07. The van der Waals surface area contributed by atoms with Gasteiger partial charge in [0.1, 0.15) is 0 Å². The molecule has 1 aliphatic heterocycles. The predicted octanol–water partition coefficient (Wildman–Crippen LogP) is 2.73. The zero-order valence-electron chi connectivity index (χ0n) is 8.46. The number of rotatable bonds is 2. The highest BCUT2D eigenvalue weighted by atomic mass is 32.1. The molecule has 4 heteroatoms. The normalized spacial score (nSPS) is 19.2. The van der Waals surface area contributed by atoms with Crippen molar-refractivity contribution in [2.24, 2.45) is 4.99 Å². The third-order valence-electron chi connectivity index (χ3n) is 2.39. The van der Waals surface area contributed by atoms with E-state index in [1.165, 1.54) is 0 Å². The molecule has 0 unspecified atom stereocenters. The summed E-state index contributed by atoms with van der Waals surface area (Å²) in [5, 5.41) is 4.07. The molecule has 1 aliphatic rings. The van der Waals surface area contributed by atoms with Gasteiger partial charge in [-0.25, -0.2) is 15.3 Å². The maximum absolute atomic E-state index is 5.42. The van der Waals surface area contributed by atoms with E-state index >= 15 is 0 Å². The smallest absolute Gasteiger partial charge is 0.203 e. The highest BCUT2D eigenvalue weighted by Gasteiger charge is 2.20. The number of amidine groups is 1. The quantitative estimate of drug-likeness (QED) is 0.860. The minimum Gasteiger partial charge on any atom is -0.246 e. The molecular formula is C12H10N2OS. The SMILES string of the molecule is c1ccc(C2=N[C@@H](c3ccsc3)ON2)cc1. The number of hydroxylamine groups is 1. The van der Waals surface area contributed by atoms with Gasteiger partial charge in [-0.15, -0.1) is 0 Å². The molecule has 2 aromatic rings. The van der Waals surface area contributed by atoms with Gasteiger partial charge in [0.15, 0.2) is 5.84 Å². The van der Waals surface area contributed by atoms with Crippen LogP contribution in [0.5, 0.6) is 0 Å². The topological polar surface area (TPSA) is 33.6 Å². The van der Waals surface area contributed by atoms with Gasteiger partial charge in [0.2, 0.25) is 6.23 Å². The first-order valence-corrected chi connectivity index (χ1v) is 5.95. The molecule has 1 aromatic carbocycles. The molecule has 0 amide bonds. The predicted molar refractivity (Wildman–Crippen MR) is 64.3 cm³/mol. The Morgan fingerprint density at radius 1 is 1.19 bits per heavy atom. The lowest BCUT2D eigenvalue weighted by molar-refractivity contribution is 0.0379. The molecule has 3 rings (SSSR count). The Balaban J connectivity index is 1.87. The van der Waals surface area contributed by atoms with Gasteiger partial charge in [0, 0.05) is 11.1 Å². The highest BCUT2D eigenvalue weighted by Crippen LogP contribution is 2.24. The Hall–Kier alpha value is -1.65. The van der Waals surface area contributed by atoms with Crippen LogP contribution < -0.4 is 5.48 Å². The average Bonchev–Trinajstić information content (AvgIpc) is 3.01. The molecule has 0 radical (unpaired) electrons. The van der Waals surface area contributed by atoms with Crippen LogP contribution >= 0.6 is 11.3 Å². The molecule has 0 fully saturated rings. The van der Waals surface area contributed by atoms with Crippen LogP contribution in [0.4, 0.5) is 0 Å². The van der Waals surface area contributed by atoms with Crippen molar-refractivity contribution in [3.8, 4) is 0 Å². The minimum atomic E-state index is -0.221. The van der Waals surface area contributed by atoms with Crippen molar-refractivity contribution in [1.29, 1.82) is 0 Å². The van der Waals surface area contributed by atoms with Gasteiger partial charge < -0.3 is 0 Å². The van der Waals surface area contributed by atoms with Gasteiger partial charge in [-0.3, -0.25) is 0 Å². The molecular weight excluding hydrogens is 220 g/mol. The zero-order chi connectivity index (χ0) is 10.8. The summed E-state index contributed by atoms with van der Waals surface area (Å²) in [5.74, 6) is 0.789. The second-order valence-corrected chi connectivity index (χ2v) is 4.25. The number of hydrogen-bond donors (Lipinski definition) is 1. The largest absolute Gasteiger partial charge is 0.246 e. The van der Waals surface area contributed by atoms with E-state index in [0.717, 1.165) is 17.0 Å². The maximum atomic E-state index is 5.42. The Kier molecular flexibility index (Phi) is 2.44. The van der Waals surface area contributed by atoms with Gasteiger partial charge in [-0.1, -0.05) is 30.3 Å². The van der Waals surface area contributed by atoms with E-state index < -0.39 is 0 Å². The molecule has 16 heavy (non-hydrogen) atoms. The van der Waals surface area contributed by atoms with Crippen LogP contribution in [-0.2, 0) is 4.84 Å². The molecule has 3 nitrogen and oxygen atoms in total. The molecule has 1 aromatic heterocycles. The summed E-state index contributed by atoms with van der Waals surface area (Å²) >= 11 is 1.65. The zero-order valence-corrected chi connectivity index (χ0v) is 9.28. The summed E-state index contributed by atoms with van der Waals surface area (Å²) in [4.78, 5) is 9.91. The Morgan fingerprint density at radius 3 is 2.81 bits per heavy atom. The fourth-order valence-electron chi connectivity index (χ4n) is 1.57. The Bertz CT molecular complexity index is 493. The summed E-state index contributed by atoms with van der Waals surface area (Å²) in [6, 6.07) is 12.0. The number of nitrogens with one attached hydrogen (secondary N) is 1. The van der Waals surface area contributed by atoms with E-state index in [9.17, 15) is 0 Å². The lowest BCUT2D eigenvalue weighted by Crippen LogP contribution is -2.17. The van der Waals surface area contributed by atoms with Gasteiger partial charge >= 0.3 is 0 Å². The average molecular weight is 230 g/mol. The molecule has 0 saturated carbocycles. The molecule has 2 heterocycles. The van der Waals surface area contributed by atoms with Crippen LogP contribution in [0.25, 0.3) is 0 Å². The second kappa shape index (κ2) is 4.08. The molecule has 0 spiro atoms. The summed E-state index contributed by atoms with van der Waals surface area (Å²) in [6.45, 7) is 0. The first kappa shape index (κ1) is 9.57. The van der Waals surface area contributed by atoms with E-state index in [0.29, 0.717) is 0 Å². The molecule has 80 valence electrons. The van der Waals surface area contributed by atoms with E-state index in [1.807, 2.05) is 47.2 Å². The van der Waals surface area contributed by atoms with Crippen molar-refractivity contribution < 1.29 is 4.84 Å². The number of thiophene rings is 1. The van der Waals surface area contributed by atoms with Crippen LogP contribution in [0.15, 0.2) is 52.2 Å². The number of aliphatic imine (C=N–C) groups is 1. The van der Waals surface area contributed by atoms with Crippen molar-refractivity contribution in [3.05, 3.63) is 58.3 Å². The Morgan fingerprint density at radius 2 is 2.06 bits per heavy atom. The fraction of sp³-hybridized carbons (Fsp3) is 0.0833. The maximum Gasteiger partial charge on any atom is 0.203 e. The minimum absolute atomic E-state index is 0.221. The second-order valence-electron chi connectivity index (χ2n) is 3.47. The molecule has 1 N–H and O–H groups in total. The van der Waals surface area contributed by atoms with Crippen LogP contribution in [0, 0.1) is 0 Å². The molecule has 0 bridgehead atoms. The summed E-state index contributed by atoms with van der Waals surface area (Å²) in [7, 11) is 0. The van der Waals surface area contributed by atoms with Gasteiger partial charge in [-0.05, 0) is 16.8 Å². The van der Waals surface area contributed by atoms with Crippen LogP contribution in [0.1, 0.15) is 17.4 Å². The van der Waals surface area contributed by atoms with E-state index in [4.69, 9.17) is 4.84 Å². The van der Waals surface area contributed by atoms with Crippen molar-refractivity contribution in [2.45, 2.75) is 6.23 Å². The third kappa shape index (κ3) is 1.73. The van der Waals surface area contributed by atoms with E-state index in [2.05, 4.69) is 10.5 Å². The summed E-state index contributed by atoms with van der Waals surface area (Å²) in [6.07, 6.45) is -0.221. The van der Waals surface area contributed by atoms with Crippen LogP contribution in [-0.4, -0.2) is 5.84 Å². The molecule has 0 aliphatic carbocycles. The number of hydrogen-bond acceptors (Lipinski definition) is 4. The summed E-state index contributed by atoms with van der Waals surface area (Å²) < 4.78 is 0. The number of nitrogens with zero attached hydrogens (tertiary/aromatic N) is 1. The molecule has 1 atom stereocenters. The Labute approximate surface area is 97.4 Å². The van der Waals surface area contributed by atoms with Gasteiger partial charge in [0.05, 0.1) is 0 Å². The first-order chi connectivity index (χ1) is 7.93. The van der Waals surface area contributed by atoms with Crippen molar-refractivity contribution in [2.75, 3.05) is 0 Å². The van der Waals surface area contributed by atoms with Crippen LogP contribution in [0.3, 0.4) is 0 Å². The van der Waals surface area contributed by atoms with Gasteiger partial charge in [0.25, 0.3) is 0 Å². The summed E-state index contributed by atoms with van der Waals surface area (Å²) in [5.41, 5.74) is 4.99. The van der Waals surface area contributed by atoms with Crippen molar-refractivity contribution >= 4 is 17.2 Å². The fourth-order valence-corrected chi connectivity index (χ4v) is 2.24. The van der Waals surface area contributed by atoms with Crippen molar-refractivity contribution in [1.82, 2.24) is 5.48 Å². The van der Waals surface area contributed by atoms with Gasteiger partial charge in [-0.2, -0.15) is 11.3 Å². The monoisotopic (exact) mass is 230 g/mol. The third-order valence-corrected chi connectivity index (χ3v) is 3.09. The standard InChI is InChI=1S/C12H10N2OS/c1-2-4-9(5-3-1)11-13-12(15-14-11)10-6-7-16-8-10/h1-8,12H,(H,13,14)/t12-/m1/s1.